The van der Waals surface area contributed by atoms with Gasteiger partial charge in [0.15, 0.2) is 0 Å². The van der Waals surface area contributed by atoms with E-state index in [0.717, 1.165) is 89.4 Å². The van der Waals surface area contributed by atoms with Crippen LogP contribution in [0.3, 0.4) is 0 Å². The lowest BCUT2D eigenvalue weighted by Gasteiger charge is -2.44. The molecule has 396 valence electrons. The van der Waals surface area contributed by atoms with Crippen molar-refractivity contribution in [2.45, 2.75) is 6.92 Å². The van der Waals surface area contributed by atoms with Crippen molar-refractivity contribution >= 4 is 79.0 Å². The Morgan fingerprint density at radius 1 is 0.306 bits per heavy atom. The summed E-state index contributed by atoms with van der Waals surface area (Å²) in [6.07, 6.45) is 0. The number of rotatable bonds is 9. The maximum Gasteiger partial charge on any atom is 0.252 e. The van der Waals surface area contributed by atoms with Crippen LogP contribution in [0.25, 0.3) is 94.3 Å². The van der Waals surface area contributed by atoms with Crippen molar-refractivity contribution in [3.05, 3.63) is 314 Å². The van der Waals surface area contributed by atoms with Crippen molar-refractivity contribution in [2.24, 2.45) is 0 Å². The fourth-order valence-corrected chi connectivity index (χ4v) is 13.5. The molecule has 4 nitrogen and oxygen atoms in total. The lowest BCUT2D eigenvalue weighted by atomic mass is 9.33. The first kappa shape index (κ1) is 49.6. The SMILES string of the molecule is Cc1ccc(-c2ccccc2-n2c3ccccc3c3cc(-c4cc5c6c(c4)N(c4ccc(-c7ccccc7)cc4)c4ccc(-c7ccccc7)cc4B6c4cc(-c6ccccc6)ccc4N5c4ccc(-c5ccccc5)cc4)ccc32)c(C#N)c1. The molecule has 2 aliphatic heterocycles. The van der Waals surface area contributed by atoms with E-state index in [-0.39, 0.29) is 6.71 Å². The first-order valence-electron chi connectivity index (χ1n) is 29.1. The Kier molecular flexibility index (Phi) is 11.9. The molecule has 2 aliphatic rings. The molecule has 0 saturated carbocycles. The number of hydrogen-bond acceptors (Lipinski definition) is 3. The molecule has 0 radical (unpaired) electrons. The largest absolute Gasteiger partial charge is 0.311 e. The van der Waals surface area contributed by atoms with E-state index in [1.807, 2.05) is 13.0 Å². The highest BCUT2D eigenvalue weighted by atomic mass is 15.2. The molecular formula is C80H53BN4. The zero-order chi connectivity index (χ0) is 56.5. The van der Waals surface area contributed by atoms with Gasteiger partial charge in [0.05, 0.1) is 28.4 Å². The number of benzene rings is 13. The van der Waals surface area contributed by atoms with Crippen molar-refractivity contribution in [1.29, 1.82) is 5.26 Å². The second-order valence-corrected chi connectivity index (χ2v) is 22.4. The average molecular weight is 1080 g/mol. The Balaban J connectivity index is 0.967. The van der Waals surface area contributed by atoms with Crippen molar-refractivity contribution in [2.75, 3.05) is 9.80 Å². The Labute approximate surface area is 495 Å². The first-order chi connectivity index (χ1) is 42.0. The Bertz CT molecular complexity index is 4750. The maximum atomic E-state index is 10.4. The predicted molar refractivity (Wildman–Crippen MR) is 357 cm³/mol. The van der Waals surface area contributed by atoms with Crippen LogP contribution in [0.1, 0.15) is 11.1 Å². The summed E-state index contributed by atoms with van der Waals surface area (Å²) in [6, 6.07) is 113. The summed E-state index contributed by atoms with van der Waals surface area (Å²) in [7, 11) is 0. The number of nitrogens with zero attached hydrogens (tertiary/aromatic N) is 4. The van der Waals surface area contributed by atoms with Gasteiger partial charge in [-0.15, -0.1) is 0 Å². The van der Waals surface area contributed by atoms with Gasteiger partial charge in [-0.05, 0) is 163 Å². The van der Waals surface area contributed by atoms with E-state index in [1.54, 1.807) is 0 Å². The summed E-state index contributed by atoms with van der Waals surface area (Å²) in [6.45, 7) is 1.91. The van der Waals surface area contributed by atoms with E-state index >= 15 is 0 Å². The maximum absolute atomic E-state index is 10.4. The van der Waals surface area contributed by atoms with Crippen LogP contribution in [0.5, 0.6) is 0 Å². The molecule has 0 amide bonds. The topological polar surface area (TPSA) is 35.2 Å². The molecular weight excluding hydrogens is 1030 g/mol. The van der Waals surface area contributed by atoms with Gasteiger partial charge in [0.25, 0.3) is 6.71 Å². The zero-order valence-electron chi connectivity index (χ0n) is 46.7. The number of nitriles is 1. The smallest absolute Gasteiger partial charge is 0.252 e. The van der Waals surface area contributed by atoms with Gasteiger partial charge in [0.2, 0.25) is 0 Å². The van der Waals surface area contributed by atoms with Crippen LogP contribution in [-0.2, 0) is 0 Å². The number of aromatic nitrogens is 1. The molecule has 13 aromatic carbocycles. The van der Waals surface area contributed by atoms with Crippen molar-refractivity contribution in [1.82, 2.24) is 4.57 Å². The summed E-state index contributed by atoms with van der Waals surface area (Å²) in [4.78, 5) is 5.06. The minimum Gasteiger partial charge on any atom is -0.311 e. The van der Waals surface area contributed by atoms with Gasteiger partial charge in [-0.1, -0.05) is 224 Å². The zero-order valence-corrected chi connectivity index (χ0v) is 46.7. The third-order valence-electron chi connectivity index (χ3n) is 17.5. The molecule has 16 rings (SSSR count). The van der Waals surface area contributed by atoms with Crippen molar-refractivity contribution < 1.29 is 0 Å². The normalized spacial score (nSPS) is 12.2. The third-order valence-corrected chi connectivity index (χ3v) is 17.5. The summed E-state index contributed by atoms with van der Waals surface area (Å²) >= 11 is 0. The van der Waals surface area contributed by atoms with Crippen LogP contribution in [0, 0.1) is 18.3 Å². The lowest BCUT2D eigenvalue weighted by molar-refractivity contribution is 1.18. The second kappa shape index (κ2) is 20.4. The highest BCUT2D eigenvalue weighted by Crippen LogP contribution is 2.48. The van der Waals surface area contributed by atoms with Crippen LogP contribution in [0.2, 0.25) is 0 Å². The molecule has 0 spiro atoms. The van der Waals surface area contributed by atoms with E-state index in [4.69, 9.17) is 0 Å². The fraction of sp³-hybridized carbons (Fsp3) is 0.0125. The molecule has 14 aromatic rings. The second-order valence-electron chi connectivity index (χ2n) is 22.4. The highest BCUT2D eigenvalue weighted by molar-refractivity contribution is 7.00. The molecule has 0 bridgehead atoms. The van der Waals surface area contributed by atoms with Gasteiger partial charge in [0.1, 0.15) is 0 Å². The molecule has 85 heavy (non-hydrogen) atoms. The molecule has 0 aliphatic carbocycles. The Morgan fingerprint density at radius 2 is 0.741 bits per heavy atom. The molecule has 0 saturated heterocycles. The van der Waals surface area contributed by atoms with E-state index in [2.05, 4.69) is 318 Å². The van der Waals surface area contributed by atoms with E-state index in [1.165, 1.54) is 60.9 Å². The average Bonchev–Trinajstić information content (AvgIpc) is 1.14. The lowest BCUT2D eigenvalue weighted by Crippen LogP contribution is -2.61. The van der Waals surface area contributed by atoms with Gasteiger partial charge in [-0.2, -0.15) is 5.26 Å². The minimum absolute atomic E-state index is 0.133. The predicted octanol–water partition coefficient (Wildman–Crippen LogP) is 19.0. The van der Waals surface area contributed by atoms with Crippen LogP contribution in [-0.4, -0.2) is 11.3 Å². The van der Waals surface area contributed by atoms with Gasteiger partial charge >= 0.3 is 0 Å². The third kappa shape index (κ3) is 8.37. The van der Waals surface area contributed by atoms with Crippen LogP contribution in [0.4, 0.5) is 34.1 Å². The molecule has 1 aromatic heterocycles. The summed E-state index contributed by atoms with van der Waals surface area (Å²) in [5.41, 5.74) is 29.0. The number of anilines is 6. The van der Waals surface area contributed by atoms with Gasteiger partial charge in [-0.3, -0.25) is 0 Å². The highest BCUT2D eigenvalue weighted by Gasteiger charge is 2.44. The van der Waals surface area contributed by atoms with Gasteiger partial charge in [-0.25, -0.2) is 0 Å². The summed E-state index contributed by atoms with van der Waals surface area (Å²) in [5, 5.41) is 12.8. The van der Waals surface area contributed by atoms with Gasteiger partial charge in [0, 0.05) is 56.0 Å². The summed E-state index contributed by atoms with van der Waals surface area (Å²) < 4.78 is 2.38. The molecule has 0 atom stereocenters. The molecule has 0 fully saturated rings. The number of fused-ring (bicyclic) bond motifs is 7. The standard InChI is InChI=1S/C80H53BN4/c1-53-30-42-67(64(46-53)52-82)68-26-14-16-28-73(68)85-74-29-17-15-27-69(74)70-47-60(35-43-75(70)85)63-50-78-80-79(51-63)84(66-40-33-59(34-41-66)55-20-8-3-9-21-55)77-45-37-62(57-24-12-5-13-25-57)49-72(77)81(80)71-48-61(56-22-10-4-11-23-56)36-44-76(71)83(78)65-38-31-58(32-39-65)54-18-6-2-7-19-54/h2-51H,1H3. The van der Waals surface area contributed by atoms with Crippen LogP contribution in [0.15, 0.2) is 303 Å². The monoisotopic (exact) mass is 1080 g/mol. The molecule has 0 N–H and O–H groups in total. The quantitative estimate of drug-likeness (QED) is 0.135. The Hall–Kier alpha value is -11.2. The van der Waals surface area contributed by atoms with Crippen molar-refractivity contribution in [3.8, 4) is 78.5 Å². The van der Waals surface area contributed by atoms with E-state index < -0.39 is 0 Å². The number of hydrogen-bond donors (Lipinski definition) is 0. The van der Waals surface area contributed by atoms with Gasteiger partial charge < -0.3 is 14.4 Å². The number of aryl methyl sites for hydroxylation is 1. The first-order valence-corrected chi connectivity index (χ1v) is 29.1. The van der Waals surface area contributed by atoms with Crippen LogP contribution >= 0.6 is 0 Å². The van der Waals surface area contributed by atoms with E-state index in [9.17, 15) is 5.26 Å². The van der Waals surface area contributed by atoms with Crippen LogP contribution < -0.4 is 26.2 Å². The molecule has 5 heteroatoms. The number of para-hydroxylation sites is 2. The Morgan fingerprint density at radius 3 is 1.28 bits per heavy atom. The molecule has 0 unspecified atom stereocenters. The minimum atomic E-state index is -0.133. The molecule has 3 heterocycles. The van der Waals surface area contributed by atoms with Crippen molar-refractivity contribution in [3.63, 3.8) is 0 Å². The van der Waals surface area contributed by atoms with E-state index in [0.29, 0.717) is 5.56 Å². The fourth-order valence-electron chi connectivity index (χ4n) is 13.5. The summed E-state index contributed by atoms with van der Waals surface area (Å²) in [5.74, 6) is 0.